The van der Waals surface area contributed by atoms with Gasteiger partial charge < -0.3 is 10.1 Å². The van der Waals surface area contributed by atoms with Crippen LogP contribution in [0.3, 0.4) is 0 Å². The minimum Gasteiger partial charge on any atom is -0.383 e. The number of nitrogens with zero attached hydrogens (tertiary/aromatic N) is 4. The van der Waals surface area contributed by atoms with Crippen LogP contribution in [-0.2, 0) is 9.53 Å². The van der Waals surface area contributed by atoms with Crippen LogP contribution in [0.15, 0.2) is 29.4 Å². The number of amides is 3. The molecule has 0 saturated heterocycles. The van der Waals surface area contributed by atoms with Gasteiger partial charge in [0.2, 0.25) is 11.1 Å². The number of hydrogen-bond acceptors (Lipinski definition) is 7. The Kier molecular flexibility index (Phi) is 6.70. The van der Waals surface area contributed by atoms with Gasteiger partial charge in [-0.05, 0) is 29.0 Å². The summed E-state index contributed by atoms with van der Waals surface area (Å²) in [6.45, 7) is 2.65. The van der Waals surface area contributed by atoms with E-state index in [0.29, 0.717) is 18.3 Å². The molecule has 1 aromatic carbocycles. The Hall–Kier alpha value is -2.46. The van der Waals surface area contributed by atoms with Crippen molar-refractivity contribution in [2.45, 2.75) is 12.1 Å². The number of methoxy groups -OCH3 is 1. The van der Waals surface area contributed by atoms with Gasteiger partial charge in [0.15, 0.2) is 0 Å². The highest BCUT2D eigenvalue weighted by atomic mass is 32.2. The van der Waals surface area contributed by atoms with Crippen molar-refractivity contribution in [3.8, 4) is 5.69 Å². The molecule has 0 bridgehead atoms. The number of tetrazole rings is 1. The van der Waals surface area contributed by atoms with Gasteiger partial charge in [-0.2, -0.15) is 4.68 Å². The van der Waals surface area contributed by atoms with Crippen molar-refractivity contribution in [3.63, 3.8) is 0 Å². The zero-order chi connectivity index (χ0) is 17.4. The van der Waals surface area contributed by atoms with Gasteiger partial charge in [0.1, 0.15) is 0 Å². The van der Waals surface area contributed by atoms with Crippen molar-refractivity contribution in [2.75, 3.05) is 26.0 Å². The van der Waals surface area contributed by atoms with Crippen LogP contribution in [-0.4, -0.2) is 58.2 Å². The van der Waals surface area contributed by atoms with Crippen LogP contribution in [0.2, 0.25) is 0 Å². The maximum absolute atomic E-state index is 11.8. The van der Waals surface area contributed by atoms with Gasteiger partial charge >= 0.3 is 6.03 Å². The SMILES string of the molecule is COCCNC(=O)NC(=O)CSc1nnnn1-c1ccccc1C. The van der Waals surface area contributed by atoms with Gasteiger partial charge in [-0.3, -0.25) is 10.1 Å². The maximum atomic E-state index is 11.8. The number of thioether (sulfide) groups is 1. The molecule has 0 spiro atoms. The molecule has 3 amide bonds. The molecule has 0 saturated carbocycles. The molecule has 2 N–H and O–H groups in total. The predicted octanol–water partition coefficient (Wildman–Crippen LogP) is 0.535. The summed E-state index contributed by atoms with van der Waals surface area (Å²) in [5, 5.41) is 16.7. The number of ether oxygens (including phenoxy) is 1. The van der Waals surface area contributed by atoms with Gasteiger partial charge in [0, 0.05) is 13.7 Å². The lowest BCUT2D eigenvalue weighted by Crippen LogP contribution is -2.41. The zero-order valence-corrected chi connectivity index (χ0v) is 14.2. The third kappa shape index (κ3) is 5.03. The predicted molar refractivity (Wildman–Crippen MR) is 88.0 cm³/mol. The van der Waals surface area contributed by atoms with E-state index in [1.165, 1.54) is 7.11 Å². The minimum atomic E-state index is -0.559. The number of rotatable bonds is 7. The van der Waals surface area contributed by atoms with E-state index in [1.807, 2.05) is 31.2 Å². The second-order valence-electron chi connectivity index (χ2n) is 4.75. The number of nitrogens with one attached hydrogen (secondary N) is 2. The maximum Gasteiger partial charge on any atom is 0.321 e. The lowest BCUT2D eigenvalue weighted by molar-refractivity contribution is -0.117. The molecule has 1 aromatic heterocycles. The number of para-hydroxylation sites is 1. The monoisotopic (exact) mass is 350 g/mol. The second kappa shape index (κ2) is 8.99. The molecular formula is C14H18N6O3S. The Balaban J connectivity index is 1.89. The first-order chi connectivity index (χ1) is 11.6. The largest absolute Gasteiger partial charge is 0.383 e. The zero-order valence-electron chi connectivity index (χ0n) is 13.4. The van der Waals surface area contributed by atoms with Crippen LogP contribution in [0.5, 0.6) is 0 Å². The van der Waals surface area contributed by atoms with Crippen LogP contribution in [0, 0.1) is 6.92 Å². The van der Waals surface area contributed by atoms with Gasteiger partial charge in [0.25, 0.3) is 0 Å². The molecule has 24 heavy (non-hydrogen) atoms. The summed E-state index contributed by atoms with van der Waals surface area (Å²) in [5.74, 6) is -0.418. The molecule has 0 aliphatic rings. The van der Waals surface area contributed by atoms with E-state index >= 15 is 0 Å². The fourth-order valence-electron chi connectivity index (χ4n) is 1.82. The van der Waals surface area contributed by atoms with Crippen LogP contribution < -0.4 is 10.6 Å². The quantitative estimate of drug-likeness (QED) is 0.553. The van der Waals surface area contributed by atoms with Crippen LogP contribution >= 0.6 is 11.8 Å². The minimum absolute atomic E-state index is 0.0178. The molecular weight excluding hydrogens is 332 g/mol. The third-order valence-corrected chi connectivity index (χ3v) is 3.88. The Morgan fingerprint density at radius 1 is 1.33 bits per heavy atom. The number of imide groups is 1. The average Bonchev–Trinajstić information content (AvgIpc) is 3.02. The lowest BCUT2D eigenvalue weighted by atomic mass is 10.2. The van der Waals surface area contributed by atoms with Crippen molar-refractivity contribution in [1.29, 1.82) is 0 Å². The molecule has 0 unspecified atom stereocenters. The molecule has 9 nitrogen and oxygen atoms in total. The molecule has 0 fully saturated rings. The van der Waals surface area contributed by atoms with Crippen molar-refractivity contribution in [3.05, 3.63) is 29.8 Å². The fraction of sp³-hybridized carbons (Fsp3) is 0.357. The highest BCUT2D eigenvalue weighted by molar-refractivity contribution is 7.99. The third-order valence-electron chi connectivity index (χ3n) is 2.96. The lowest BCUT2D eigenvalue weighted by Gasteiger charge is -2.07. The number of carbonyl (C=O) groups is 2. The highest BCUT2D eigenvalue weighted by Gasteiger charge is 2.14. The molecule has 0 radical (unpaired) electrons. The number of benzene rings is 1. The van der Waals surface area contributed by atoms with Crippen molar-refractivity contribution < 1.29 is 14.3 Å². The number of urea groups is 1. The van der Waals surface area contributed by atoms with Gasteiger partial charge in [0.05, 0.1) is 18.0 Å². The van der Waals surface area contributed by atoms with Crippen molar-refractivity contribution in [2.24, 2.45) is 0 Å². The summed E-state index contributed by atoms with van der Waals surface area (Å²) < 4.78 is 6.36. The Labute approximate surface area is 143 Å². The number of aryl methyl sites for hydroxylation is 1. The summed E-state index contributed by atoms with van der Waals surface area (Å²) in [5.41, 5.74) is 1.84. The van der Waals surface area contributed by atoms with E-state index in [1.54, 1.807) is 4.68 Å². The summed E-state index contributed by atoms with van der Waals surface area (Å²) in [6, 6.07) is 7.08. The summed E-state index contributed by atoms with van der Waals surface area (Å²) >= 11 is 1.15. The van der Waals surface area contributed by atoms with Crippen LogP contribution in [0.25, 0.3) is 5.69 Å². The van der Waals surface area contributed by atoms with E-state index in [-0.39, 0.29) is 5.75 Å². The summed E-state index contributed by atoms with van der Waals surface area (Å²) in [4.78, 5) is 23.3. The Morgan fingerprint density at radius 2 is 2.12 bits per heavy atom. The Bertz CT molecular complexity index is 705. The molecule has 0 atom stereocenters. The van der Waals surface area contributed by atoms with E-state index in [2.05, 4.69) is 26.2 Å². The Morgan fingerprint density at radius 3 is 2.88 bits per heavy atom. The molecule has 128 valence electrons. The molecule has 1 heterocycles. The van der Waals surface area contributed by atoms with Gasteiger partial charge in [-0.15, -0.1) is 5.10 Å². The fourth-order valence-corrected chi connectivity index (χ4v) is 2.51. The van der Waals surface area contributed by atoms with Crippen molar-refractivity contribution in [1.82, 2.24) is 30.8 Å². The average molecular weight is 350 g/mol. The normalized spacial score (nSPS) is 10.4. The summed E-state index contributed by atoms with van der Waals surface area (Å²) in [6.07, 6.45) is 0. The smallest absolute Gasteiger partial charge is 0.321 e. The molecule has 0 aliphatic heterocycles. The van der Waals surface area contributed by atoms with Gasteiger partial charge in [-0.1, -0.05) is 30.0 Å². The number of hydrogen-bond donors (Lipinski definition) is 2. The highest BCUT2D eigenvalue weighted by Crippen LogP contribution is 2.19. The first kappa shape index (κ1) is 17.9. The van der Waals surface area contributed by atoms with E-state index in [0.717, 1.165) is 23.0 Å². The standard InChI is InChI=1S/C14H18N6O3S/c1-10-5-3-4-6-11(10)20-14(17-18-19-20)24-9-12(21)16-13(22)15-7-8-23-2/h3-6H,7-9H2,1-2H3,(H2,15,16,21,22). The first-order valence-corrected chi connectivity index (χ1v) is 8.14. The first-order valence-electron chi connectivity index (χ1n) is 7.15. The summed E-state index contributed by atoms with van der Waals surface area (Å²) in [7, 11) is 1.53. The molecule has 10 heteroatoms. The molecule has 0 aliphatic carbocycles. The number of aromatic nitrogens is 4. The topological polar surface area (TPSA) is 111 Å². The van der Waals surface area contributed by atoms with Crippen LogP contribution in [0.4, 0.5) is 4.79 Å². The second-order valence-corrected chi connectivity index (χ2v) is 5.69. The molecule has 2 rings (SSSR count). The molecule has 2 aromatic rings. The van der Waals surface area contributed by atoms with Gasteiger partial charge in [-0.25, -0.2) is 4.79 Å². The van der Waals surface area contributed by atoms with E-state index < -0.39 is 11.9 Å². The van der Waals surface area contributed by atoms with E-state index in [9.17, 15) is 9.59 Å². The number of carbonyl (C=O) groups excluding carboxylic acids is 2. The van der Waals surface area contributed by atoms with Crippen molar-refractivity contribution >= 4 is 23.7 Å². The van der Waals surface area contributed by atoms with E-state index in [4.69, 9.17) is 4.74 Å². The van der Waals surface area contributed by atoms with Crippen LogP contribution in [0.1, 0.15) is 5.56 Å².